The van der Waals surface area contributed by atoms with Crippen molar-refractivity contribution in [3.8, 4) is 11.8 Å². The summed E-state index contributed by atoms with van der Waals surface area (Å²) in [5.74, 6) is -0.338. The van der Waals surface area contributed by atoms with Crippen LogP contribution in [0.5, 0.6) is 5.75 Å². The highest BCUT2D eigenvalue weighted by Gasteiger charge is 2.18. The smallest absolute Gasteiger partial charge is 0.323 e. The average Bonchev–Trinajstić information content (AvgIpc) is 2.34. The van der Waals surface area contributed by atoms with E-state index in [9.17, 15) is 4.79 Å². The zero-order valence-electron chi connectivity index (χ0n) is 10.7. The van der Waals surface area contributed by atoms with Gasteiger partial charge < -0.3 is 14.7 Å². The van der Waals surface area contributed by atoms with Crippen LogP contribution in [-0.4, -0.2) is 30.8 Å². The topological polar surface area (TPSA) is 73.6 Å². The maximum absolute atomic E-state index is 10.9. The fourth-order valence-corrected chi connectivity index (χ4v) is 1.66. The number of nitrogens with zero attached hydrogens (tertiary/aromatic N) is 2. The third-order valence-corrected chi connectivity index (χ3v) is 2.56. The largest absolute Gasteiger partial charge is 0.497 e. The van der Waals surface area contributed by atoms with Gasteiger partial charge >= 0.3 is 5.97 Å². The molecule has 0 saturated heterocycles. The van der Waals surface area contributed by atoms with Crippen LogP contribution in [0.3, 0.4) is 0 Å². The van der Waals surface area contributed by atoms with Crippen LogP contribution < -0.4 is 9.64 Å². The van der Waals surface area contributed by atoms with Crippen molar-refractivity contribution in [2.75, 3.05) is 18.6 Å². The van der Waals surface area contributed by atoms with Crippen LogP contribution in [0.1, 0.15) is 19.4 Å². The van der Waals surface area contributed by atoms with Crippen molar-refractivity contribution in [3.63, 3.8) is 0 Å². The summed E-state index contributed by atoms with van der Waals surface area (Å²) in [7, 11) is 1.53. The van der Waals surface area contributed by atoms with Crippen LogP contribution in [0.4, 0.5) is 5.69 Å². The van der Waals surface area contributed by atoms with E-state index in [4.69, 9.17) is 15.1 Å². The summed E-state index contributed by atoms with van der Waals surface area (Å²) in [5.41, 5.74) is 1.01. The van der Waals surface area contributed by atoms with Crippen LogP contribution in [0.25, 0.3) is 0 Å². The second-order valence-electron chi connectivity index (χ2n) is 4.11. The Labute approximate surface area is 106 Å². The first-order valence-electron chi connectivity index (χ1n) is 5.56. The van der Waals surface area contributed by atoms with E-state index >= 15 is 0 Å². The molecule has 0 unspecified atom stereocenters. The lowest BCUT2D eigenvalue weighted by Gasteiger charge is -2.28. The van der Waals surface area contributed by atoms with Crippen LogP contribution in [0, 0.1) is 11.3 Å². The minimum Gasteiger partial charge on any atom is -0.497 e. The normalized spacial score (nSPS) is 9.94. The monoisotopic (exact) mass is 248 g/mol. The molecule has 1 aromatic carbocycles. The van der Waals surface area contributed by atoms with Crippen molar-refractivity contribution >= 4 is 11.7 Å². The summed E-state index contributed by atoms with van der Waals surface area (Å²) in [6.07, 6.45) is 0. The molecular formula is C13H16N2O3. The molecule has 0 bridgehead atoms. The molecule has 0 spiro atoms. The standard InChI is InChI=1S/C13H16N2O3/c1-9(2)15(8-13(16)17)12-6-11(18-3)5-4-10(12)7-14/h4-6,9H,8H2,1-3H3,(H,16,17). The Morgan fingerprint density at radius 2 is 2.22 bits per heavy atom. The number of methoxy groups -OCH3 is 1. The first-order chi connectivity index (χ1) is 8.49. The van der Waals surface area contributed by atoms with Gasteiger partial charge in [-0.1, -0.05) is 0 Å². The maximum Gasteiger partial charge on any atom is 0.323 e. The lowest BCUT2D eigenvalue weighted by atomic mass is 10.1. The molecule has 0 atom stereocenters. The molecule has 0 saturated carbocycles. The molecule has 18 heavy (non-hydrogen) atoms. The Kier molecular flexibility index (Phi) is 4.55. The first-order valence-corrected chi connectivity index (χ1v) is 5.56. The first kappa shape index (κ1) is 13.8. The van der Waals surface area contributed by atoms with E-state index in [0.717, 1.165) is 0 Å². The van der Waals surface area contributed by atoms with E-state index in [1.54, 1.807) is 23.1 Å². The molecule has 1 aromatic rings. The molecule has 0 aromatic heterocycles. The van der Waals surface area contributed by atoms with Crippen LogP contribution in [0.2, 0.25) is 0 Å². The number of anilines is 1. The number of benzene rings is 1. The molecule has 1 N–H and O–H groups in total. The fourth-order valence-electron chi connectivity index (χ4n) is 1.66. The Morgan fingerprint density at radius 1 is 1.56 bits per heavy atom. The number of carboxylic acids is 1. The predicted octanol–water partition coefficient (Wildman–Crippen LogP) is 1.87. The number of nitriles is 1. The second-order valence-corrected chi connectivity index (χ2v) is 4.11. The van der Waals surface area contributed by atoms with E-state index < -0.39 is 5.97 Å². The molecular weight excluding hydrogens is 232 g/mol. The number of ether oxygens (including phenoxy) is 1. The Balaban J connectivity index is 3.25. The number of aliphatic carboxylic acids is 1. The van der Waals surface area contributed by atoms with Gasteiger partial charge in [0.05, 0.1) is 18.4 Å². The molecule has 5 heteroatoms. The minimum absolute atomic E-state index is 0.0275. The zero-order chi connectivity index (χ0) is 13.7. The van der Waals surface area contributed by atoms with Crippen LogP contribution in [0.15, 0.2) is 18.2 Å². The lowest BCUT2D eigenvalue weighted by Crippen LogP contribution is -2.36. The van der Waals surface area contributed by atoms with Crippen LogP contribution >= 0.6 is 0 Å². The molecule has 0 aliphatic heterocycles. The van der Waals surface area contributed by atoms with E-state index in [1.807, 2.05) is 13.8 Å². The highest BCUT2D eigenvalue weighted by molar-refractivity contribution is 5.76. The number of rotatable bonds is 5. The lowest BCUT2D eigenvalue weighted by molar-refractivity contribution is -0.135. The van der Waals surface area contributed by atoms with Gasteiger partial charge in [0.1, 0.15) is 18.4 Å². The SMILES string of the molecule is COc1ccc(C#N)c(N(CC(=O)O)C(C)C)c1. The van der Waals surface area contributed by atoms with E-state index in [2.05, 4.69) is 6.07 Å². The molecule has 96 valence electrons. The molecule has 0 aliphatic carbocycles. The van der Waals surface area contributed by atoms with Crippen molar-refractivity contribution < 1.29 is 14.6 Å². The van der Waals surface area contributed by atoms with Gasteiger partial charge in [0, 0.05) is 12.1 Å². The second kappa shape index (κ2) is 5.92. The average molecular weight is 248 g/mol. The van der Waals surface area contributed by atoms with Gasteiger partial charge in [0.15, 0.2) is 0 Å². The van der Waals surface area contributed by atoms with Crippen molar-refractivity contribution in [3.05, 3.63) is 23.8 Å². The number of carboxylic acid groups (broad SMARTS) is 1. The summed E-state index contributed by atoms with van der Waals surface area (Å²) in [6, 6.07) is 7.03. The zero-order valence-corrected chi connectivity index (χ0v) is 10.7. The highest BCUT2D eigenvalue weighted by Crippen LogP contribution is 2.27. The van der Waals surface area contributed by atoms with Crippen LogP contribution in [-0.2, 0) is 4.79 Å². The third-order valence-electron chi connectivity index (χ3n) is 2.56. The predicted molar refractivity (Wildman–Crippen MR) is 67.8 cm³/mol. The molecule has 0 amide bonds. The van der Waals surface area contributed by atoms with E-state index in [-0.39, 0.29) is 12.6 Å². The molecule has 1 rings (SSSR count). The number of hydrogen-bond acceptors (Lipinski definition) is 4. The number of hydrogen-bond donors (Lipinski definition) is 1. The third kappa shape index (κ3) is 3.14. The molecule has 0 aliphatic rings. The van der Waals surface area contributed by atoms with E-state index in [1.165, 1.54) is 7.11 Å². The molecule has 0 fully saturated rings. The van der Waals surface area contributed by atoms with Gasteiger partial charge in [0.25, 0.3) is 0 Å². The summed E-state index contributed by atoms with van der Waals surface area (Å²) >= 11 is 0. The van der Waals surface area contributed by atoms with Crippen molar-refractivity contribution in [2.45, 2.75) is 19.9 Å². The van der Waals surface area contributed by atoms with E-state index in [0.29, 0.717) is 17.0 Å². The van der Waals surface area contributed by atoms with Gasteiger partial charge in [-0.25, -0.2) is 0 Å². The van der Waals surface area contributed by atoms with Gasteiger partial charge in [-0.05, 0) is 26.0 Å². The Bertz CT molecular complexity index is 478. The maximum atomic E-state index is 10.9. The summed E-state index contributed by atoms with van der Waals surface area (Å²) in [5, 5.41) is 18.0. The fraction of sp³-hybridized carbons (Fsp3) is 0.385. The molecule has 0 radical (unpaired) electrons. The molecule has 0 heterocycles. The quantitative estimate of drug-likeness (QED) is 0.861. The number of carbonyl (C=O) groups is 1. The Hall–Kier alpha value is -2.22. The van der Waals surface area contributed by atoms with Gasteiger partial charge in [-0.15, -0.1) is 0 Å². The van der Waals surface area contributed by atoms with Crippen molar-refractivity contribution in [2.24, 2.45) is 0 Å². The summed E-state index contributed by atoms with van der Waals surface area (Å²) in [6.45, 7) is 3.60. The summed E-state index contributed by atoms with van der Waals surface area (Å²) < 4.78 is 5.11. The Morgan fingerprint density at radius 3 is 2.67 bits per heavy atom. The minimum atomic E-state index is -0.935. The van der Waals surface area contributed by atoms with Gasteiger partial charge in [0.2, 0.25) is 0 Å². The highest BCUT2D eigenvalue weighted by atomic mass is 16.5. The van der Waals surface area contributed by atoms with Crippen molar-refractivity contribution in [1.29, 1.82) is 5.26 Å². The van der Waals surface area contributed by atoms with Crippen molar-refractivity contribution in [1.82, 2.24) is 0 Å². The van der Waals surface area contributed by atoms with Gasteiger partial charge in [-0.3, -0.25) is 4.79 Å². The van der Waals surface area contributed by atoms with Gasteiger partial charge in [-0.2, -0.15) is 5.26 Å². The molecule has 5 nitrogen and oxygen atoms in total. The summed E-state index contributed by atoms with van der Waals surface area (Å²) in [4.78, 5) is 12.5.